The molecule has 1 atom stereocenters. The van der Waals surface area contributed by atoms with Crippen LogP contribution in [0.5, 0.6) is 0 Å². The van der Waals surface area contributed by atoms with Crippen LogP contribution < -0.4 is 5.32 Å². The van der Waals surface area contributed by atoms with Gasteiger partial charge in [0.2, 0.25) is 5.91 Å². The molecule has 1 saturated heterocycles. The summed E-state index contributed by atoms with van der Waals surface area (Å²) in [4.78, 5) is 13.2. The largest absolute Gasteiger partial charge is 0.338 e. The van der Waals surface area contributed by atoms with Crippen LogP contribution >= 0.6 is 0 Å². The molecule has 14 heavy (non-hydrogen) atoms. The zero-order chi connectivity index (χ0) is 10.2. The van der Waals surface area contributed by atoms with Gasteiger partial charge in [0.1, 0.15) is 0 Å². The highest BCUT2D eigenvalue weighted by Gasteiger charge is 2.48. The number of hydrogen-bond donors (Lipinski definition) is 1. The molecule has 0 aromatic heterocycles. The van der Waals surface area contributed by atoms with Crippen LogP contribution in [-0.2, 0) is 4.79 Å². The van der Waals surface area contributed by atoms with Gasteiger partial charge in [-0.1, -0.05) is 6.58 Å². The second-order valence-corrected chi connectivity index (χ2v) is 4.63. The van der Waals surface area contributed by atoms with Gasteiger partial charge in [0.25, 0.3) is 0 Å². The Morgan fingerprint density at radius 1 is 1.64 bits per heavy atom. The molecule has 1 aliphatic heterocycles. The zero-order valence-corrected chi connectivity index (χ0v) is 8.75. The molecule has 1 N–H and O–H groups in total. The van der Waals surface area contributed by atoms with E-state index in [-0.39, 0.29) is 5.91 Å². The average molecular weight is 194 g/mol. The summed E-state index contributed by atoms with van der Waals surface area (Å²) in [6.07, 6.45) is 5.16. The second kappa shape index (κ2) is 3.39. The van der Waals surface area contributed by atoms with Gasteiger partial charge in [-0.25, -0.2) is 0 Å². The molecule has 2 rings (SSSR count). The van der Waals surface area contributed by atoms with E-state index in [0.717, 1.165) is 13.1 Å². The van der Waals surface area contributed by atoms with Crippen LogP contribution in [0.3, 0.4) is 0 Å². The fraction of sp³-hybridized carbons (Fsp3) is 0.727. The van der Waals surface area contributed by atoms with Gasteiger partial charge in [0.05, 0.1) is 0 Å². The molecule has 1 saturated carbocycles. The average Bonchev–Trinajstić information content (AvgIpc) is 2.58. The first-order valence-corrected chi connectivity index (χ1v) is 5.28. The maximum absolute atomic E-state index is 11.3. The van der Waals surface area contributed by atoms with Crippen LogP contribution in [0.4, 0.5) is 0 Å². The predicted octanol–water partition coefficient (Wildman–Crippen LogP) is 0.773. The first-order valence-electron chi connectivity index (χ1n) is 5.28. The van der Waals surface area contributed by atoms with Gasteiger partial charge in [-0.3, -0.25) is 4.79 Å². The highest BCUT2D eigenvalue weighted by molar-refractivity contribution is 5.87. The monoisotopic (exact) mass is 194 g/mol. The van der Waals surface area contributed by atoms with E-state index in [0.29, 0.717) is 11.5 Å². The molecule has 0 aromatic rings. The molecule has 1 spiro atoms. The maximum atomic E-state index is 11.3. The van der Waals surface area contributed by atoms with Crippen molar-refractivity contribution in [2.45, 2.75) is 25.3 Å². The molecule has 78 valence electrons. The van der Waals surface area contributed by atoms with Crippen molar-refractivity contribution in [3.8, 4) is 0 Å². The topological polar surface area (TPSA) is 32.3 Å². The van der Waals surface area contributed by atoms with Crippen LogP contribution in [0.1, 0.15) is 19.3 Å². The van der Waals surface area contributed by atoms with E-state index in [1.54, 1.807) is 0 Å². The van der Waals surface area contributed by atoms with Crippen molar-refractivity contribution >= 4 is 5.91 Å². The third-order valence-corrected chi connectivity index (χ3v) is 3.65. The molecule has 0 aromatic carbocycles. The van der Waals surface area contributed by atoms with Crippen LogP contribution in [0.15, 0.2) is 12.7 Å². The van der Waals surface area contributed by atoms with Crippen molar-refractivity contribution < 1.29 is 4.79 Å². The minimum atomic E-state index is 0.0866. The highest BCUT2D eigenvalue weighted by Crippen LogP contribution is 2.45. The van der Waals surface area contributed by atoms with Crippen LogP contribution in [0.25, 0.3) is 0 Å². The van der Waals surface area contributed by atoms with Gasteiger partial charge in [-0.15, -0.1) is 0 Å². The number of rotatable bonds is 2. The van der Waals surface area contributed by atoms with E-state index in [2.05, 4.69) is 11.9 Å². The molecule has 1 amide bonds. The molecule has 0 radical (unpaired) electrons. The Morgan fingerprint density at radius 2 is 2.36 bits per heavy atom. The number of carbonyl (C=O) groups is 1. The fourth-order valence-corrected chi connectivity index (χ4v) is 2.79. The third kappa shape index (κ3) is 1.46. The van der Waals surface area contributed by atoms with Crippen molar-refractivity contribution in [1.82, 2.24) is 10.2 Å². The summed E-state index contributed by atoms with van der Waals surface area (Å²) in [5.41, 5.74) is 0.437. The van der Waals surface area contributed by atoms with Crippen LogP contribution in [-0.4, -0.2) is 37.0 Å². The lowest BCUT2D eigenvalue weighted by Crippen LogP contribution is -2.57. The number of likely N-dealkylation sites (tertiary alicyclic amines) is 1. The Kier molecular flexibility index (Phi) is 2.35. The lowest BCUT2D eigenvalue weighted by atomic mass is 9.78. The lowest BCUT2D eigenvalue weighted by molar-refractivity contribution is -0.137. The number of hydrogen-bond acceptors (Lipinski definition) is 2. The minimum Gasteiger partial charge on any atom is -0.338 e. The summed E-state index contributed by atoms with van der Waals surface area (Å²) >= 11 is 0. The van der Waals surface area contributed by atoms with Crippen molar-refractivity contribution in [2.75, 3.05) is 20.1 Å². The minimum absolute atomic E-state index is 0.0866. The van der Waals surface area contributed by atoms with E-state index >= 15 is 0 Å². The number of nitrogens with one attached hydrogen (secondary N) is 1. The molecule has 1 unspecified atom stereocenters. The predicted molar refractivity (Wildman–Crippen MR) is 55.9 cm³/mol. The quantitative estimate of drug-likeness (QED) is 0.659. The van der Waals surface area contributed by atoms with Crippen molar-refractivity contribution in [1.29, 1.82) is 0 Å². The summed E-state index contributed by atoms with van der Waals surface area (Å²) in [5.74, 6) is 0.0866. The first-order chi connectivity index (χ1) is 6.69. The van der Waals surface area contributed by atoms with Gasteiger partial charge in [0, 0.05) is 24.5 Å². The summed E-state index contributed by atoms with van der Waals surface area (Å²) in [5, 5.41) is 3.32. The Bertz CT molecular complexity index is 256. The molecule has 0 bridgehead atoms. The first kappa shape index (κ1) is 9.71. The summed E-state index contributed by atoms with van der Waals surface area (Å²) in [6, 6.07) is 0.663. The van der Waals surface area contributed by atoms with E-state index in [1.165, 1.54) is 25.3 Å². The Balaban J connectivity index is 1.87. The van der Waals surface area contributed by atoms with Gasteiger partial charge in [-0.05, 0) is 32.4 Å². The van der Waals surface area contributed by atoms with E-state index in [1.807, 2.05) is 11.9 Å². The summed E-state index contributed by atoms with van der Waals surface area (Å²) < 4.78 is 0. The van der Waals surface area contributed by atoms with E-state index in [9.17, 15) is 4.79 Å². The number of nitrogens with zero attached hydrogens (tertiary/aromatic N) is 1. The molecular weight excluding hydrogens is 176 g/mol. The zero-order valence-electron chi connectivity index (χ0n) is 8.75. The van der Waals surface area contributed by atoms with Gasteiger partial charge >= 0.3 is 0 Å². The van der Waals surface area contributed by atoms with Crippen molar-refractivity contribution in [2.24, 2.45) is 5.41 Å². The number of amides is 1. The van der Waals surface area contributed by atoms with Gasteiger partial charge in [-0.2, -0.15) is 0 Å². The Labute approximate surface area is 85.2 Å². The smallest absolute Gasteiger partial charge is 0.245 e. The standard InChI is InChI=1S/C11H18N2O/c1-3-10(14)13-7-11(8-13)5-4-9(6-11)12-2/h3,9,12H,1,4-8H2,2H3. The highest BCUT2D eigenvalue weighted by atomic mass is 16.2. The Hall–Kier alpha value is -0.830. The molecule has 3 nitrogen and oxygen atoms in total. The fourth-order valence-electron chi connectivity index (χ4n) is 2.79. The van der Waals surface area contributed by atoms with E-state index in [4.69, 9.17) is 0 Å². The maximum Gasteiger partial charge on any atom is 0.245 e. The summed E-state index contributed by atoms with van der Waals surface area (Å²) in [6.45, 7) is 5.39. The molecular formula is C11H18N2O. The lowest BCUT2D eigenvalue weighted by Gasteiger charge is -2.48. The van der Waals surface area contributed by atoms with Gasteiger partial charge < -0.3 is 10.2 Å². The SMILES string of the molecule is C=CC(=O)N1CC2(CCC(NC)C2)C1. The molecule has 2 aliphatic rings. The normalized spacial score (nSPS) is 28.9. The van der Waals surface area contributed by atoms with Crippen molar-refractivity contribution in [3.63, 3.8) is 0 Å². The van der Waals surface area contributed by atoms with Crippen molar-refractivity contribution in [3.05, 3.63) is 12.7 Å². The molecule has 1 heterocycles. The second-order valence-electron chi connectivity index (χ2n) is 4.63. The van der Waals surface area contributed by atoms with Crippen LogP contribution in [0.2, 0.25) is 0 Å². The summed E-state index contributed by atoms with van der Waals surface area (Å²) in [7, 11) is 2.02. The Morgan fingerprint density at radius 3 is 2.86 bits per heavy atom. The molecule has 2 fully saturated rings. The van der Waals surface area contributed by atoms with E-state index < -0.39 is 0 Å². The number of carbonyl (C=O) groups excluding carboxylic acids is 1. The molecule has 1 aliphatic carbocycles. The third-order valence-electron chi connectivity index (χ3n) is 3.65. The van der Waals surface area contributed by atoms with Gasteiger partial charge in [0.15, 0.2) is 0 Å². The van der Waals surface area contributed by atoms with Crippen LogP contribution in [0, 0.1) is 5.41 Å². The molecule has 3 heteroatoms.